The standard InChI is InChI=1S/C12H20BrN3O/c1-4-9(13)8-14-12(17)11-7-10(5-2)15-16(11)6-3/h7,9H,4-6,8H2,1-3H3,(H,14,17). The zero-order chi connectivity index (χ0) is 12.8. The van der Waals surface area contributed by atoms with Crippen molar-refractivity contribution in [1.82, 2.24) is 15.1 Å². The van der Waals surface area contributed by atoms with E-state index in [1.165, 1.54) is 0 Å². The van der Waals surface area contributed by atoms with Crippen LogP contribution in [0.5, 0.6) is 0 Å². The van der Waals surface area contributed by atoms with Crippen molar-refractivity contribution in [3.8, 4) is 0 Å². The van der Waals surface area contributed by atoms with Gasteiger partial charge in [-0.15, -0.1) is 0 Å². The summed E-state index contributed by atoms with van der Waals surface area (Å²) in [4.78, 5) is 12.3. The Labute approximate surface area is 111 Å². The van der Waals surface area contributed by atoms with Gasteiger partial charge in [-0.1, -0.05) is 29.8 Å². The summed E-state index contributed by atoms with van der Waals surface area (Å²) >= 11 is 3.50. The number of amides is 1. The molecule has 0 aliphatic carbocycles. The van der Waals surface area contributed by atoms with Gasteiger partial charge in [-0.05, 0) is 25.8 Å². The molecule has 1 amide bonds. The molecule has 0 aromatic carbocycles. The van der Waals surface area contributed by atoms with Crippen molar-refractivity contribution in [2.45, 2.75) is 45.0 Å². The van der Waals surface area contributed by atoms with E-state index in [2.05, 4.69) is 33.3 Å². The number of aromatic nitrogens is 2. The average molecular weight is 302 g/mol. The number of halogens is 1. The highest BCUT2D eigenvalue weighted by atomic mass is 79.9. The number of aryl methyl sites for hydroxylation is 2. The van der Waals surface area contributed by atoms with E-state index < -0.39 is 0 Å². The molecule has 0 radical (unpaired) electrons. The Bertz CT molecular complexity index is 376. The Morgan fingerprint density at radius 3 is 2.76 bits per heavy atom. The van der Waals surface area contributed by atoms with Crippen LogP contribution in [0.15, 0.2) is 6.07 Å². The first-order valence-corrected chi connectivity index (χ1v) is 7.02. The third-order valence-corrected chi connectivity index (χ3v) is 3.62. The molecular weight excluding hydrogens is 282 g/mol. The molecule has 0 aliphatic heterocycles. The highest BCUT2D eigenvalue weighted by molar-refractivity contribution is 9.09. The van der Waals surface area contributed by atoms with E-state index in [1.807, 2.05) is 19.9 Å². The molecule has 1 aromatic rings. The van der Waals surface area contributed by atoms with Crippen LogP contribution in [-0.4, -0.2) is 27.1 Å². The van der Waals surface area contributed by atoms with Gasteiger partial charge in [0.1, 0.15) is 5.69 Å². The lowest BCUT2D eigenvalue weighted by molar-refractivity contribution is 0.0943. The Balaban J connectivity index is 2.70. The number of carbonyl (C=O) groups excluding carboxylic acids is 1. The van der Waals surface area contributed by atoms with Crippen LogP contribution in [-0.2, 0) is 13.0 Å². The fraction of sp³-hybridized carbons (Fsp3) is 0.667. The molecule has 1 rings (SSSR count). The number of carbonyl (C=O) groups is 1. The van der Waals surface area contributed by atoms with Gasteiger partial charge >= 0.3 is 0 Å². The monoisotopic (exact) mass is 301 g/mol. The topological polar surface area (TPSA) is 46.9 Å². The molecule has 5 heteroatoms. The maximum Gasteiger partial charge on any atom is 0.269 e. The Hall–Kier alpha value is -0.840. The lowest BCUT2D eigenvalue weighted by Crippen LogP contribution is -2.31. The van der Waals surface area contributed by atoms with Crippen LogP contribution >= 0.6 is 15.9 Å². The summed E-state index contributed by atoms with van der Waals surface area (Å²) in [6, 6.07) is 1.87. The third-order valence-electron chi connectivity index (χ3n) is 2.65. The van der Waals surface area contributed by atoms with Gasteiger partial charge in [0.05, 0.1) is 5.69 Å². The Kier molecular flexibility index (Phi) is 5.68. The third kappa shape index (κ3) is 3.84. The van der Waals surface area contributed by atoms with Crippen molar-refractivity contribution in [3.05, 3.63) is 17.5 Å². The molecule has 1 aromatic heterocycles. The lowest BCUT2D eigenvalue weighted by atomic mass is 10.3. The first-order chi connectivity index (χ1) is 8.12. The van der Waals surface area contributed by atoms with E-state index in [0.717, 1.165) is 18.5 Å². The van der Waals surface area contributed by atoms with Crippen molar-refractivity contribution >= 4 is 21.8 Å². The van der Waals surface area contributed by atoms with Crippen molar-refractivity contribution in [2.24, 2.45) is 0 Å². The van der Waals surface area contributed by atoms with Gasteiger partial charge in [-0.2, -0.15) is 5.10 Å². The molecule has 0 fully saturated rings. The van der Waals surface area contributed by atoms with Crippen LogP contribution in [0.2, 0.25) is 0 Å². The summed E-state index contributed by atoms with van der Waals surface area (Å²) < 4.78 is 1.75. The molecular formula is C12H20BrN3O. The van der Waals surface area contributed by atoms with Crippen LogP contribution < -0.4 is 5.32 Å². The number of nitrogens with zero attached hydrogens (tertiary/aromatic N) is 2. The first kappa shape index (κ1) is 14.2. The van der Waals surface area contributed by atoms with Crippen LogP contribution in [0.4, 0.5) is 0 Å². The molecule has 1 unspecified atom stereocenters. The maximum atomic E-state index is 12.0. The summed E-state index contributed by atoms with van der Waals surface area (Å²) in [6.07, 6.45) is 1.84. The van der Waals surface area contributed by atoms with Crippen LogP contribution in [0.1, 0.15) is 43.4 Å². The number of alkyl halides is 1. The predicted octanol–water partition coefficient (Wildman–Crippen LogP) is 2.37. The first-order valence-electron chi connectivity index (χ1n) is 6.11. The van der Waals surface area contributed by atoms with E-state index in [4.69, 9.17) is 0 Å². The number of rotatable bonds is 6. The smallest absolute Gasteiger partial charge is 0.269 e. The second kappa shape index (κ2) is 6.79. The normalized spacial score (nSPS) is 12.5. The van der Waals surface area contributed by atoms with E-state index in [9.17, 15) is 4.79 Å². The Morgan fingerprint density at radius 1 is 1.53 bits per heavy atom. The maximum absolute atomic E-state index is 12.0. The minimum absolute atomic E-state index is 0.0445. The fourth-order valence-electron chi connectivity index (χ4n) is 1.51. The minimum Gasteiger partial charge on any atom is -0.350 e. The fourth-order valence-corrected chi connectivity index (χ4v) is 1.67. The highest BCUT2D eigenvalue weighted by Gasteiger charge is 2.14. The van der Waals surface area contributed by atoms with Gasteiger partial charge in [0, 0.05) is 17.9 Å². The molecule has 0 saturated carbocycles. The quantitative estimate of drug-likeness (QED) is 0.820. The zero-order valence-corrected chi connectivity index (χ0v) is 12.2. The van der Waals surface area contributed by atoms with Crippen molar-refractivity contribution in [3.63, 3.8) is 0 Å². The number of hydrogen-bond acceptors (Lipinski definition) is 2. The molecule has 1 N–H and O–H groups in total. The molecule has 4 nitrogen and oxygen atoms in total. The highest BCUT2D eigenvalue weighted by Crippen LogP contribution is 2.07. The van der Waals surface area contributed by atoms with E-state index in [0.29, 0.717) is 23.6 Å². The summed E-state index contributed by atoms with van der Waals surface area (Å²) in [5, 5.41) is 7.27. The molecule has 0 spiro atoms. The summed E-state index contributed by atoms with van der Waals surface area (Å²) in [7, 11) is 0. The van der Waals surface area contributed by atoms with Crippen molar-refractivity contribution in [1.29, 1.82) is 0 Å². The number of hydrogen-bond donors (Lipinski definition) is 1. The second-order valence-corrected chi connectivity index (χ2v) is 5.20. The van der Waals surface area contributed by atoms with Gasteiger partial charge < -0.3 is 5.32 Å². The Morgan fingerprint density at radius 2 is 2.24 bits per heavy atom. The van der Waals surface area contributed by atoms with Gasteiger partial charge in [-0.25, -0.2) is 0 Å². The molecule has 0 bridgehead atoms. The van der Waals surface area contributed by atoms with E-state index in [1.54, 1.807) is 4.68 Å². The van der Waals surface area contributed by atoms with Crippen molar-refractivity contribution < 1.29 is 4.79 Å². The molecule has 96 valence electrons. The SMILES string of the molecule is CCc1cc(C(=O)NCC(Br)CC)n(CC)n1. The second-order valence-electron chi connectivity index (χ2n) is 3.91. The average Bonchev–Trinajstić information content (AvgIpc) is 2.78. The van der Waals surface area contributed by atoms with Gasteiger partial charge in [0.25, 0.3) is 5.91 Å². The molecule has 0 saturated heterocycles. The van der Waals surface area contributed by atoms with Crippen molar-refractivity contribution in [2.75, 3.05) is 6.54 Å². The molecule has 0 aliphatic rings. The molecule has 1 heterocycles. The molecule has 1 atom stereocenters. The van der Waals surface area contributed by atoms with Crippen LogP contribution in [0, 0.1) is 0 Å². The zero-order valence-electron chi connectivity index (χ0n) is 10.7. The largest absolute Gasteiger partial charge is 0.350 e. The van der Waals surface area contributed by atoms with Gasteiger partial charge in [-0.3, -0.25) is 9.48 Å². The van der Waals surface area contributed by atoms with E-state index in [-0.39, 0.29) is 5.91 Å². The lowest BCUT2D eigenvalue weighted by Gasteiger charge is -2.09. The van der Waals surface area contributed by atoms with Crippen LogP contribution in [0.3, 0.4) is 0 Å². The summed E-state index contributed by atoms with van der Waals surface area (Å²) in [6.45, 7) is 7.47. The van der Waals surface area contributed by atoms with Gasteiger partial charge in [0.15, 0.2) is 0 Å². The van der Waals surface area contributed by atoms with Gasteiger partial charge in [0.2, 0.25) is 0 Å². The summed E-state index contributed by atoms with van der Waals surface area (Å²) in [5.41, 5.74) is 1.61. The van der Waals surface area contributed by atoms with E-state index >= 15 is 0 Å². The minimum atomic E-state index is -0.0445. The number of nitrogens with one attached hydrogen (secondary N) is 1. The van der Waals surface area contributed by atoms with Crippen LogP contribution in [0.25, 0.3) is 0 Å². The summed E-state index contributed by atoms with van der Waals surface area (Å²) in [5.74, 6) is -0.0445. The molecule has 17 heavy (non-hydrogen) atoms. The predicted molar refractivity (Wildman–Crippen MR) is 72.6 cm³/mol.